The molecule has 0 radical (unpaired) electrons. The number of hydrogen-bond acceptors (Lipinski definition) is 4. The lowest BCUT2D eigenvalue weighted by Crippen LogP contribution is -2.53. The third-order valence-corrected chi connectivity index (χ3v) is 8.77. The Morgan fingerprint density at radius 1 is 0.795 bits per heavy atom. The Morgan fingerprint density at radius 2 is 1.39 bits per heavy atom. The van der Waals surface area contributed by atoms with E-state index in [1.807, 2.05) is 44.2 Å². The van der Waals surface area contributed by atoms with Crippen molar-refractivity contribution >= 4 is 27.5 Å². The summed E-state index contributed by atoms with van der Waals surface area (Å²) in [6, 6.07) is 26.3. The number of carbonyl (C=O) groups excluding carboxylic acids is 2. The summed E-state index contributed by atoms with van der Waals surface area (Å²) in [4.78, 5) is 29.0. The lowest BCUT2D eigenvalue weighted by Gasteiger charge is -2.34. The van der Waals surface area contributed by atoms with E-state index >= 15 is 0 Å². The van der Waals surface area contributed by atoms with Crippen LogP contribution in [0.25, 0.3) is 0 Å². The lowest BCUT2D eigenvalue weighted by molar-refractivity contribution is -0.140. The number of carbonyl (C=O) groups is 2. The number of hydrogen-bond donors (Lipinski definition) is 1. The van der Waals surface area contributed by atoms with Gasteiger partial charge in [-0.2, -0.15) is 0 Å². The third kappa shape index (κ3) is 8.29. The second-order valence-corrected chi connectivity index (χ2v) is 12.6. The van der Waals surface area contributed by atoms with Crippen molar-refractivity contribution in [2.24, 2.45) is 5.92 Å². The smallest absolute Gasteiger partial charge is 0.264 e. The first-order chi connectivity index (χ1) is 21.1. The molecule has 0 heterocycles. The minimum absolute atomic E-state index is 0.112. The highest BCUT2D eigenvalue weighted by Gasteiger charge is 2.35. The maximum atomic E-state index is 15.0. The molecule has 2 amide bonds. The molecule has 4 aromatic rings. The van der Waals surface area contributed by atoms with Gasteiger partial charge in [-0.15, -0.1) is 0 Å². The highest BCUT2D eigenvalue weighted by atomic mass is 32.2. The Kier molecular flexibility index (Phi) is 10.8. The molecular formula is C34H35F2N3O4S. The van der Waals surface area contributed by atoms with Crippen molar-refractivity contribution in [3.8, 4) is 0 Å². The van der Waals surface area contributed by atoms with Gasteiger partial charge in [0.05, 0.1) is 10.6 Å². The molecule has 0 saturated heterocycles. The number of rotatable bonds is 13. The lowest BCUT2D eigenvalue weighted by atomic mass is 10.0. The van der Waals surface area contributed by atoms with E-state index in [0.29, 0.717) is 6.54 Å². The maximum absolute atomic E-state index is 15.0. The van der Waals surface area contributed by atoms with Gasteiger partial charge >= 0.3 is 0 Å². The minimum Gasteiger partial charge on any atom is -0.354 e. The zero-order valence-corrected chi connectivity index (χ0v) is 25.4. The summed E-state index contributed by atoms with van der Waals surface area (Å²) in [5, 5.41) is 2.89. The van der Waals surface area contributed by atoms with Gasteiger partial charge in [-0.25, -0.2) is 17.2 Å². The van der Waals surface area contributed by atoms with Crippen LogP contribution in [0.3, 0.4) is 0 Å². The highest BCUT2D eigenvalue weighted by Crippen LogP contribution is 2.25. The third-order valence-electron chi connectivity index (χ3n) is 6.98. The van der Waals surface area contributed by atoms with Crippen LogP contribution in [0, 0.1) is 17.6 Å². The van der Waals surface area contributed by atoms with Crippen molar-refractivity contribution in [3.63, 3.8) is 0 Å². The number of nitrogens with zero attached hydrogens (tertiary/aromatic N) is 2. The van der Waals surface area contributed by atoms with E-state index in [-0.39, 0.29) is 35.0 Å². The Balaban J connectivity index is 1.79. The number of anilines is 1. The zero-order valence-electron chi connectivity index (χ0n) is 24.6. The van der Waals surface area contributed by atoms with Gasteiger partial charge in [-0.05, 0) is 53.9 Å². The molecule has 10 heteroatoms. The van der Waals surface area contributed by atoms with Gasteiger partial charge < -0.3 is 10.2 Å². The number of amides is 2. The average Bonchev–Trinajstić information content (AvgIpc) is 3.02. The van der Waals surface area contributed by atoms with E-state index in [2.05, 4.69) is 5.32 Å². The van der Waals surface area contributed by atoms with E-state index in [4.69, 9.17) is 0 Å². The monoisotopic (exact) mass is 619 g/mol. The summed E-state index contributed by atoms with van der Waals surface area (Å²) >= 11 is 0. The molecule has 0 saturated carbocycles. The number of sulfonamides is 1. The van der Waals surface area contributed by atoms with Crippen molar-refractivity contribution in [1.29, 1.82) is 0 Å². The largest absolute Gasteiger partial charge is 0.354 e. The van der Waals surface area contributed by atoms with E-state index in [9.17, 15) is 26.8 Å². The average molecular weight is 620 g/mol. The summed E-state index contributed by atoms with van der Waals surface area (Å²) in [6.07, 6.45) is 0.112. The second-order valence-electron chi connectivity index (χ2n) is 10.8. The Morgan fingerprint density at radius 3 is 2.00 bits per heavy atom. The van der Waals surface area contributed by atoms with Crippen molar-refractivity contribution in [2.75, 3.05) is 17.4 Å². The van der Waals surface area contributed by atoms with E-state index in [0.717, 1.165) is 34.1 Å². The predicted molar refractivity (Wildman–Crippen MR) is 166 cm³/mol. The predicted octanol–water partition coefficient (Wildman–Crippen LogP) is 5.57. The van der Waals surface area contributed by atoms with Gasteiger partial charge in [0.2, 0.25) is 11.8 Å². The quantitative estimate of drug-likeness (QED) is 0.212. The fourth-order valence-electron chi connectivity index (χ4n) is 4.64. The molecule has 0 aromatic heterocycles. The van der Waals surface area contributed by atoms with Crippen LogP contribution in [0.15, 0.2) is 114 Å². The molecule has 1 N–H and O–H groups in total. The van der Waals surface area contributed by atoms with E-state index in [1.165, 1.54) is 35.2 Å². The van der Waals surface area contributed by atoms with Gasteiger partial charge in [0.1, 0.15) is 24.2 Å². The molecule has 1 atom stereocenters. The van der Waals surface area contributed by atoms with Gasteiger partial charge in [-0.3, -0.25) is 13.9 Å². The molecule has 0 bridgehead atoms. The number of para-hydroxylation sites is 1. The molecule has 0 fully saturated rings. The standard InChI is InChI=1S/C34H35F2N3O4S/c1-25(2)22-37-34(41)32(21-26-11-5-3-6-12-26)38(23-27-13-9-10-16-31(27)36)33(40)24-39(29-14-7-4-8-15-29)44(42,43)30-19-17-28(35)18-20-30/h3-20,25,32H,21-24H2,1-2H3,(H,37,41). The van der Waals surface area contributed by atoms with Crippen molar-refractivity contribution in [3.05, 3.63) is 132 Å². The Bertz CT molecular complexity index is 1650. The molecular weight excluding hydrogens is 584 g/mol. The SMILES string of the molecule is CC(C)CNC(=O)C(Cc1ccccc1)N(Cc1ccccc1F)C(=O)CN(c1ccccc1)S(=O)(=O)c1ccc(F)cc1. The molecule has 230 valence electrons. The number of nitrogens with one attached hydrogen (secondary N) is 1. The first kappa shape index (κ1) is 32.3. The van der Waals surface area contributed by atoms with E-state index in [1.54, 1.807) is 24.3 Å². The molecule has 0 aliphatic rings. The first-order valence-electron chi connectivity index (χ1n) is 14.2. The van der Waals surface area contributed by atoms with Crippen LogP contribution in [-0.4, -0.2) is 44.3 Å². The summed E-state index contributed by atoms with van der Waals surface area (Å²) in [5.41, 5.74) is 1.13. The van der Waals surface area contributed by atoms with Crippen LogP contribution in [0.2, 0.25) is 0 Å². The summed E-state index contributed by atoms with van der Waals surface area (Å²) in [7, 11) is -4.36. The summed E-state index contributed by atoms with van der Waals surface area (Å²) in [6.45, 7) is 3.25. The molecule has 0 aliphatic heterocycles. The van der Waals surface area contributed by atoms with Gasteiger partial charge in [0.15, 0.2) is 0 Å². The summed E-state index contributed by atoms with van der Waals surface area (Å²) < 4.78 is 57.3. The Hall–Kier alpha value is -4.57. The Labute approximate surface area is 257 Å². The molecule has 4 aromatic carbocycles. The molecule has 44 heavy (non-hydrogen) atoms. The van der Waals surface area contributed by atoms with Crippen LogP contribution >= 0.6 is 0 Å². The van der Waals surface area contributed by atoms with Crippen LogP contribution in [0.5, 0.6) is 0 Å². The first-order valence-corrected chi connectivity index (χ1v) is 15.7. The second kappa shape index (κ2) is 14.7. The van der Waals surface area contributed by atoms with Crippen LogP contribution < -0.4 is 9.62 Å². The number of benzene rings is 4. The molecule has 4 rings (SSSR count). The molecule has 7 nitrogen and oxygen atoms in total. The maximum Gasteiger partial charge on any atom is 0.264 e. The topological polar surface area (TPSA) is 86.8 Å². The van der Waals surface area contributed by atoms with Crippen LogP contribution in [-0.2, 0) is 32.6 Å². The summed E-state index contributed by atoms with van der Waals surface area (Å²) in [5.74, 6) is -2.21. The number of halogens is 2. The highest BCUT2D eigenvalue weighted by molar-refractivity contribution is 7.92. The van der Waals surface area contributed by atoms with Gasteiger partial charge in [0.25, 0.3) is 10.0 Å². The van der Waals surface area contributed by atoms with Crippen LogP contribution in [0.4, 0.5) is 14.5 Å². The van der Waals surface area contributed by atoms with Crippen molar-refractivity contribution in [2.45, 2.75) is 37.8 Å². The fraction of sp³-hybridized carbons (Fsp3) is 0.235. The fourth-order valence-corrected chi connectivity index (χ4v) is 6.06. The van der Waals surface area contributed by atoms with Crippen LogP contribution in [0.1, 0.15) is 25.0 Å². The van der Waals surface area contributed by atoms with Crippen molar-refractivity contribution in [1.82, 2.24) is 10.2 Å². The van der Waals surface area contributed by atoms with E-state index < -0.39 is 46.1 Å². The van der Waals surface area contributed by atoms with Crippen molar-refractivity contribution < 1.29 is 26.8 Å². The molecule has 0 spiro atoms. The van der Waals surface area contributed by atoms with Gasteiger partial charge in [0, 0.05) is 25.1 Å². The molecule has 0 aliphatic carbocycles. The molecule has 1 unspecified atom stereocenters. The normalized spacial score (nSPS) is 12.0. The van der Waals surface area contributed by atoms with Gasteiger partial charge in [-0.1, -0.05) is 80.6 Å². The minimum atomic E-state index is -4.36. The zero-order chi connectivity index (χ0) is 31.7.